The van der Waals surface area contributed by atoms with E-state index in [9.17, 15) is 9.18 Å². The van der Waals surface area contributed by atoms with Crippen molar-refractivity contribution in [3.63, 3.8) is 0 Å². The van der Waals surface area contributed by atoms with Crippen molar-refractivity contribution < 1.29 is 13.9 Å². The van der Waals surface area contributed by atoms with Gasteiger partial charge in [0.05, 0.1) is 24.4 Å². The molecular formula is C22H20ClFN4O2. The van der Waals surface area contributed by atoms with Crippen LogP contribution >= 0.6 is 11.6 Å². The van der Waals surface area contributed by atoms with Crippen LogP contribution in [0, 0.1) is 25.6 Å². The summed E-state index contributed by atoms with van der Waals surface area (Å²) < 4.78 is 19.9. The zero-order chi connectivity index (χ0) is 21.3. The van der Waals surface area contributed by atoms with Gasteiger partial charge in [0.25, 0.3) is 0 Å². The van der Waals surface area contributed by atoms with Gasteiger partial charge in [0.15, 0.2) is 5.75 Å². The number of aromatic nitrogens is 3. The average Bonchev–Trinajstić information content (AvgIpc) is 3.43. The standard InChI is InChI=1S/C22H20ClFN4O2/c1-13-19(11-26-14(2)27-13)30-12-22(15-4-3-5-17(24)8-15)10-18(22)21(29)28-20-9-16(23)6-7-25-20/h3-9,11,18H,10,12H2,1-2H3,(H,25,28,29). The zero-order valence-electron chi connectivity index (χ0n) is 16.5. The van der Waals surface area contributed by atoms with E-state index in [1.165, 1.54) is 18.3 Å². The van der Waals surface area contributed by atoms with E-state index in [1.54, 1.807) is 31.3 Å². The predicted molar refractivity (Wildman–Crippen MR) is 111 cm³/mol. The zero-order valence-corrected chi connectivity index (χ0v) is 17.3. The molecule has 0 saturated heterocycles. The molecule has 0 spiro atoms. The molecule has 3 aromatic rings. The highest BCUT2D eigenvalue weighted by atomic mass is 35.5. The number of hydrogen-bond acceptors (Lipinski definition) is 5. The summed E-state index contributed by atoms with van der Waals surface area (Å²) in [7, 11) is 0. The number of carbonyl (C=O) groups excluding carboxylic acids is 1. The Morgan fingerprint density at radius 2 is 2.13 bits per heavy atom. The highest BCUT2D eigenvalue weighted by Crippen LogP contribution is 2.55. The number of anilines is 1. The van der Waals surface area contributed by atoms with Crippen LogP contribution in [0.3, 0.4) is 0 Å². The Morgan fingerprint density at radius 3 is 2.87 bits per heavy atom. The topological polar surface area (TPSA) is 77.0 Å². The molecule has 1 aliphatic carbocycles. The van der Waals surface area contributed by atoms with Crippen molar-refractivity contribution in [2.75, 3.05) is 11.9 Å². The third kappa shape index (κ3) is 4.11. The summed E-state index contributed by atoms with van der Waals surface area (Å²) in [5.41, 5.74) is 0.774. The molecule has 8 heteroatoms. The third-order valence-electron chi connectivity index (χ3n) is 5.30. The smallest absolute Gasteiger partial charge is 0.229 e. The molecule has 2 atom stereocenters. The SMILES string of the molecule is Cc1ncc(OCC2(c3cccc(F)c3)CC2C(=O)Nc2cc(Cl)ccn2)c(C)n1. The van der Waals surface area contributed by atoms with Crippen LogP contribution in [-0.2, 0) is 10.2 Å². The van der Waals surface area contributed by atoms with Crippen molar-refractivity contribution in [2.45, 2.75) is 25.7 Å². The molecule has 1 aliphatic rings. The van der Waals surface area contributed by atoms with Crippen LogP contribution in [0.15, 0.2) is 48.8 Å². The average molecular weight is 427 g/mol. The highest BCUT2D eigenvalue weighted by molar-refractivity contribution is 6.30. The number of pyridine rings is 1. The number of ether oxygens (including phenoxy) is 1. The second-order valence-corrected chi connectivity index (χ2v) is 7.86. The van der Waals surface area contributed by atoms with E-state index in [-0.39, 0.29) is 18.3 Å². The molecule has 2 heterocycles. The molecule has 2 aromatic heterocycles. The first-order valence-electron chi connectivity index (χ1n) is 9.49. The molecule has 0 bridgehead atoms. The number of benzene rings is 1. The van der Waals surface area contributed by atoms with Crippen molar-refractivity contribution in [1.82, 2.24) is 15.0 Å². The molecule has 1 aromatic carbocycles. The number of halogens is 2. The summed E-state index contributed by atoms with van der Waals surface area (Å²) in [6, 6.07) is 9.49. The molecule has 154 valence electrons. The van der Waals surface area contributed by atoms with E-state index in [4.69, 9.17) is 16.3 Å². The lowest BCUT2D eigenvalue weighted by Crippen LogP contribution is -2.27. The van der Waals surface area contributed by atoms with Gasteiger partial charge in [-0.3, -0.25) is 4.79 Å². The number of nitrogens with one attached hydrogen (secondary N) is 1. The van der Waals surface area contributed by atoms with Crippen LogP contribution in [0.2, 0.25) is 5.02 Å². The highest BCUT2D eigenvalue weighted by Gasteiger charge is 2.60. The molecule has 0 aliphatic heterocycles. The fourth-order valence-corrected chi connectivity index (χ4v) is 3.78. The maximum Gasteiger partial charge on any atom is 0.229 e. The predicted octanol–water partition coefficient (Wildman–Crippen LogP) is 4.26. The Bertz CT molecular complexity index is 1110. The van der Waals surface area contributed by atoms with Crippen molar-refractivity contribution in [1.29, 1.82) is 0 Å². The van der Waals surface area contributed by atoms with Gasteiger partial charge in [-0.15, -0.1) is 0 Å². The van der Waals surface area contributed by atoms with Crippen LogP contribution in [0.4, 0.5) is 10.2 Å². The molecule has 30 heavy (non-hydrogen) atoms. The van der Waals surface area contributed by atoms with Crippen molar-refractivity contribution >= 4 is 23.3 Å². The van der Waals surface area contributed by atoms with E-state index in [2.05, 4.69) is 20.3 Å². The Hall–Kier alpha value is -3.06. The first-order chi connectivity index (χ1) is 14.4. The minimum atomic E-state index is -0.651. The molecule has 2 unspecified atom stereocenters. The van der Waals surface area contributed by atoms with Gasteiger partial charge in [-0.25, -0.2) is 19.3 Å². The van der Waals surface area contributed by atoms with E-state index in [0.717, 1.165) is 0 Å². The Morgan fingerprint density at radius 1 is 1.30 bits per heavy atom. The number of hydrogen-bond donors (Lipinski definition) is 1. The van der Waals surface area contributed by atoms with Crippen LogP contribution < -0.4 is 10.1 Å². The van der Waals surface area contributed by atoms with Gasteiger partial charge < -0.3 is 10.1 Å². The maximum atomic E-state index is 13.9. The number of amides is 1. The van der Waals surface area contributed by atoms with Gasteiger partial charge in [-0.05, 0) is 50.1 Å². The maximum absolute atomic E-state index is 13.9. The van der Waals surface area contributed by atoms with Gasteiger partial charge in [0.2, 0.25) is 5.91 Å². The van der Waals surface area contributed by atoms with Gasteiger partial charge in [0, 0.05) is 16.6 Å². The Balaban J connectivity index is 1.57. The first kappa shape index (κ1) is 20.2. The van der Waals surface area contributed by atoms with Crippen LogP contribution in [0.5, 0.6) is 5.75 Å². The second-order valence-electron chi connectivity index (χ2n) is 7.43. The van der Waals surface area contributed by atoms with Crippen LogP contribution in [-0.4, -0.2) is 27.5 Å². The molecule has 1 amide bonds. The lowest BCUT2D eigenvalue weighted by atomic mass is 9.93. The minimum absolute atomic E-state index is 0.199. The van der Waals surface area contributed by atoms with Crippen molar-refractivity contribution in [3.8, 4) is 5.75 Å². The molecular weight excluding hydrogens is 407 g/mol. The lowest BCUT2D eigenvalue weighted by Gasteiger charge is -2.19. The summed E-state index contributed by atoms with van der Waals surface area (Å²) in [4.78, 5) is 25.5. The fraction of sp³-hybridized carbons (Fsp3) is 0.273. The van der Waals surface area contributed by atoms with E-state index < -0.39 is 11.3 Å². The second kappa shape index (κ2) is 7.99. The van der Waals surface area contributed by atoms with E-state index >= 15 is 0 Å². The lowest BCUT2D eigenvalue weighted by molar-refractivity contribution is -0.117. The van der Waals surface area contributed by atoms with Gasteiger partial charge in [-0.1, -0.05) is 23.7 Å². The first-order valence-corrected chi connectivity index (χ1v) is 9.87. The van der Waals surface area contributed by atoms with E-state index in [1.807, 2.05) is 13.0 Å². The quantitative estimate of drug-likeness (QED) is 0.637. The molecule has 1 fully saturated rings. The van der Waals surface area contributed by atoms with Crippen LogP contribution in [0.1, 0.15) is 23.5 Å². The molecule has 1 N–H and O–H groups in total. The van der Waals surface area contributed by atoms with Gasteiger partial charge >= 0.3 is 0 Å². The van der Waals surface area contributed by atoms with Crippen LogP contribution in [0.25, 0.3) is 0 Å². The summed E-state index contributed by atoms with van der Waals surface area (Å²) >= 11 is 5.97. The molecule has 1 saturated carbocycles. The Labute approximate surface area is 178 Å². The summed E-state index contributed by atoms with van der Waals surface area (Å²) in [6.07, 6.45) is 3.66. The summed E-state index contributed by atoms with van der Waals surface area (Å²) in [5.74, 6) is 0.595. The van der Waals surface area contributed by atoms with E-state index in [0.29, 0.717) is 40.1 Å². The van der Waals surface area contributed by atoms with Gasteiger partial charge in [-0.2, -0.15) is 0 Å². The fourth-order valence-electron chi connectivity index (χ4n) is 3.62. The number of aryl methyl sites for hydroxylation is 2. The summed E-state index contributed by atoms with van der Waals surface area (Å²) in [6.45, 7) is 3.84. The number of rotatable bonds is 6. The molecule has 6 nitrogen and oxygen atoms in total. The largest absolute Gasteiger partial charge is 0.489 e. The normalized spacial score (nSPS) is 19.9. The van der Waals surface area contributed by atoms with Gasteiger partial charge in [0.1, 0.15) is 17.5 Å². The monoisotopic (exact) mass is 426 g/mol. The molecule has 4 rings (SSSR count). The Kier molecular flexibility index (Phi) is 5.39. The minimum Gasteiger partial charge on any atom is -0.489 e. The molecule has 0 radical (unpaired) electrons. The number of carbonyl (C=O) groups is 1. The van der Waals surface area contributed by atoms with Crippen molar-refractivity contribution in [2.24, 2.45) is 5.92 Å². The third-order valence-corrected chi connectivity index (χ3v) is 5.54. The van der Waals surface area contributed by atoms with Crippen molar-refractivity contribution in [3.05, 3.63) is 76.7 Å². The number of nitrogens with zero attached hydrogens (tertiary/aromatic N) is 3. The summed E-state index contributed by atoms with van der Waals surface area (Å²) in [5, 5.41) is 3.27.